The normalized spacial score (nSPS) is 19.0. The molecule has 2 aromatic carbocycles. The molecule has 2 N–H and O–H groups in total. The minimum Gasteiger partial charge on any atom is -0.367 e. The molecular weight excluding hydrogens is 442 g/mol. The topological polar surface area (TPSA) is 95.6 Å². The van der Waals surface area contributed by atoms with Crippen LogP contribution in [0.2, 0.25) is 5.02 Å². The molecular formula is C17H20ClN3O4S3. The van der Waals surface area contributed by atoms with E-state index in [-0.39, 0.29) is 14.8 Å². The lowest BCUT2D eigenvalue weighted by atomic mass is 10.2. The van der Waals surface area contributed by atoms with Gasteiger partial charge in [-0.05, 0) is 24.7 Å². The first-order valence-electron chi connectivity index (χ1n) is 8.30. The molecule has 0 saturated carbocycles. The predicted octanol–water partition coefficient (Wildman–Crippen LogP) is 2.55. The number of rotatable bonds is 6. The molecule has 0 bridgehead atoms. The standard InChI is InChI=1S/C17H20ClN3O4S3/c1-19-27(22,23)15-9-16-14(8-13(15)18)20-17(21(2)28(16,24)25)11-26-10-12-6-4-3-5-7-12/h3-9,17,19-20H,10-11H2,1-2H3. The molecule has 0 fully saturated rings. The van der Waals surface area contributed by atoms with Crippen LogP contribution in [0.1, 0.15) is 5.56 Å². The molecule has 1 heterocycles. The number of nitrogens with zero attached hydrogens (tertiary/aromatic N) is 1. The molecule has 7 nitrogen and oxygen atoms in total. The van der Waals surface area contributed by atoms with Gasteiger partial charge in [0.05, 0.1) is 10.7 Å². The largest absolute Gasteiger partial charge is 0.367 e. The fourth-order valence-corrected chi connectivity index (χ4v) is 6.74. The molecule has 3 rings (SSSR count). The third-order valence-electron chi connectivity index (χ3n) is 4.40. The lowest BCUT2D eigenvalue weighted by Gasteiger charge is -2.35. The molecule has 1 aliphatic heterocycles. The molecule has 0 spiro atoms. The zero-order valence-electron chi connectivity index (χ0n) is 15.2. The Morgan fingerprint density at radius 1 is 1.25 bits per heavy atom. The Hall–Kier alpha value is -1.30. The lowest BCUT2D eigenvalue weighted by molar-refractivity contribution is 0.413. The van der Waals surface area contributed by atoms with Crippen LogP contribution in [0.4, 0.5) is 5.69 Å². The summed E-state index contributed by atoms with van der Waals surface area (Å²) in [6, 6.07) is 12.3. The highest BCUT2D eigenvalue weighted by Gasteiger charge is 2.37. The van der Waals surface area contributed by atoms with Crippen molar-refractivity contribution in [1.29, 1.82) is 0 Å². The number of nitrogens with one attached hydrogen (secondary N) is 2. The summed E-state index contributed by atoms with van der Waals surface area (Å²) in [4.78, 5) is -0.386. The van der Waals surface area contributed by atoms with Crippen molar-refractivity contribution in [3.8, 4) is 0 Å². The van der Waals surface area contributed by atoms with Crippen molar-refractivity contribution in [3.05, 3.63) is 53.1 Å². The number of halogens is 1. The third-order valence-corrected chi connectivity index (χ3v) is 9.27. The molecule has 1 unspecified atom stereocenters. The molecule has 1 aliphatic rings. The van der Waals surface area contributed by atoms with Gasteiger partial charge in [0.15, 0.2) is 0 Å². The number of hydrogen-bond donors (Lipinski definition) is 2. The fourth-order valence-electron chi connectivity index (χ4n) is 2.78. The predicted molar refractivity (Wildman–Crippen MR) is 113 cm³/mol. The molecule has 0 amide bonds. The Kier molecular flexibility index (Phi) is 6.28. The monoisotopic (exact) mass is 461 g/mol. The van der Waals surface area contributed by atoms with E-state index in [0.29, 0.717) is 11.4 Å². The van der Waals surface area contributed by atoms with E-state index >= 15 is 0 Å². The molecule has 152 valence electrons. The van der Waals surface area contributed by atoms with Crippen LogP contribution >= 0.6 is 23.4 Å². The van der Waals surface area contributed by atoms with Crippen LogP contribution in [-0.2, 0) is 25.8 Å². The Balaban J connectivity index is 1.87. The smallest absolute Gasteiger partial charge is 0.246 e. The van der Waals surface area contributed by atoms with Gasteiger partial charge in [-0.1, -0.05) is 41.9 Å². The number of hydrogen-bond acceptors (Lipinski definition) is 6. The summed E-state index contributed by atoms with van der Waals surface area (Å²) in [5, 5.41) is 3.11. The van der Waals surface area contributed by atoms with Crippen LogP contribution in [0.15, 0.2) is 52.3 Å². The van der Waals surface area contributed by atoms with Gasteiger partial charge in [0.1, 0.15) is 16.0 Å². The first kappa shape index (κ1) is 21.4. The summed E-state index contributed by atoms with van der Waals surface area (Å²) in [6.45, 7) is 0. The maximum atomic E-state index is 12.9. The number of fused-ring (bicyclic) bond motifs is 1. The summed E-state index contributed by atoms with van der Waals surface area (Å²) in [5.74, 6) is 1.26. The molecule has 0 aliphatic carbocycles. The summed E-state index contributed by atoms with van der Waals surface area (Å²) >= 11 is 7.71. The van der Waals surface area contributed by atoms with E-state index in [1.807, 2.05) is 30.3 Å². The summed E-state index contributed by atoms with van der Waals surface area (Å²) in [6.07, 6.45) is -0.478. The van der Waals surface area contributed by atoms with Crippen molar-refractivity contribution in [1.82, 2.24) is 9.03 Å². The van der Waals surface area contributed by atoms with Gasteiger partial charge >= 0.3 is 0 Å². The molecule has 0 saturated heterocycles. The zero-order chi connectivity index (χ0) is 20.5. The van der Waals surface area contributed by atoms with Gasteiger partial charge in [-0.15, -0.1) is 0 Å². The quantitative estimate of drug-likeness (QED) is 0.686. The van der Waals surface area contributed by atoms with Gasteiger partial charge in [0.2, 0.25) is 20.0 Å². The Morgan fingerprint density at radius 2 is 1.93 bits per heavy atom. The number of thioether (sulfide) groups is 1. The Labute approximate surface area is 174 Å². The Morgan fingerprint density at radius 3 is 2.57 bits per heavy atom. The van der Waals surface area contributed by atoms with Crippen LogP contribution in [0.3, 0.4) is 0 Å². The van der Waals surface area contributed by atoms with Crippen molar-refractivity contribution in [2.45, 2.75) is 21.7 Å². The summed E-state index contributed by atoms with van der Waals surface area (Å²) in [7, 11) is -5.04. The van der Waals surface area contributed by atoms with Gasteiger partial charge in [-0.25, -0.2) is 21.6 Å². The van der Waals surface area contributed by atoms with Crippen molar-refractivity contribution in [3.63, 3.8) is 0 Å². The van der Waals surface area contributed by atoms with Crippen molar-refractivity contribution >= 4 is 49.1 Å². The minimum absolute atomic E-state index is 0.0453. The third kappa shape index (κ3) is 4.17. The van der Waals surface area contributed by atoms with Crippen LogP contribution in [0.5, 0.6) is 0 Å². The van der Waals surface area contributed by atoms with E-state index in [4.69, 9.17) is 11.6 Å². The maximum absolute atomic E-state index is 12.9. The molecule has 0 radical (unpaired) electrons. The maximum Gasteiger partial charge on any atom is 0.246 e. The second kappa shape index (κ2) is 8.21. The minimum atomic E-state index is -3.89. The number of anilines is 1. The first-order chi connectivity index (χ1) is 13.2. The number of benzene rings is 2. The fraction of sp³-hybridized carbons (Fsp3) is 0.294. The SMILES string of the molecule is CNS(=O)(=O)c1cc2c(cc1Cl)NC(CSCc1ccccc1)N(C)S2(=O)=O. The van der Waals surface area contributed by atoms with Gasteiger partial charge in [-0.2, -0.15) is 16.1 Å². The van der Waals surface area contributed by atoms with E-state index in [1.165, 1.54) is 24.5 Å². The van der Waals surface area contributed by atoms with E-state index in [0.717, 1.165) is 17.4 Å². The summed E-state index contributed by atoms with van der Waals surface area (Å²) < 4.78 is 53.5. The highest BCUT2D eigenvalue weighted by molar-refractivity contribution is 7.98. The van der Waals surface area contributed by atoms with Crippen LogP contribution in [0, 0.1) is 0 Å². The Bertz CT molecular complexity index is 1080. The van der Waals surface area contributed by atoms with E-state index < -0.39 is 26.2 Å². The van der Waals surface area contributed by atoms with Gasteiger partial charge in [0.25, 0.3) is 0 Å². The van der Waals surface area contributed by atoms with Crippen LogP contribution < -0.4 is 10.0 Å². The average Bonchev–Trinajstić information content (AvgIpc) is 2.66. The highest BCUT2D eigenvalue weighted by Crippen LogP contribution is 2.37. The second-order valence-corrected chi connectivity index (χ2v) is 11.4. The van der Waals surface area contributed by atoms with E-state index in [9.17, 15) is 16.8 Å². The van der Waals surface area contributed by atoms with Crippen molar-refractivity contribution < 1.29 is 16.8 Å². The van der Waals surface area contributed by atoms with Gasteiger partial charge in [-0.3, -0.25) is 0 Å². The molecule has 11 heteroatoms. The zero-order valence-corrected chi connectivity index (χ0v) is 18.4. The van der Waals surface area contributed by atoms with E-state index in [2.05, 4.69) is 10.0 Å². The molecule has 0 aromatic heterocycles. The van der Waals surface area contributed by atoms with Crippen LogP contribution in [-0.4, -0.2) is 47.2 Å². The second-order valence-electron chi connectivity index (χ2n) is 6.17. The van der Waals surface area contributed by atoms with Crippen LogP contribution in [0.25, 0.3) is 0 Å². The van der Waals surface area contributed by atoms with Crippen molar-refractivity contribution in [2.24, 2.45) is 0 Å². The average molecular weight is 462 g/mol. The lowest BCUT2D eigenvalue weighted by Crippen LogP contribution is -2.47. The van der Waals surface area contributed by atoms with Gasteiger partial charge in [0, 0.05) is 18.6 Å². The number of sulfonamides is 2. The summed E-state index contributed by atoms with van der Waals surface area (Å²) in [5.41, 5.74) is 1.45. The van der Waals surface area contributed by atoms with E-state index in [1.54, 1.807) is 11.8 Å². The van der Waals surface area contributed by atoms with Crippen molar-refractivity contribution in [2.75, 3.05) is 25.2 Å². The van der Waals surface area contributed by atoms with Gasteiger partial charge < -0.3 is 5.32 Å². The molecule has 2 aromatic rings. The molecule has 28 heavy (non-hydrogen) atoms. The first-order valence-corrected chi connectivity index (χ1v) is 12.8. The highest BCUT2D eigenvalue weighted by atomic mass is 35.5. The molecule has 1 atom stereocenters.